The molecule has 3 nitrogen and oxygen atoms in total. The zero-order chi connectivity index (χ0) is 13.8. The lowest BCUT2D eigenvalue weighted by Gasteiger charge is -2.09. The van der Waals surface area contributed by atoms with Crippen molar-refractivity contribution in [2.75, 3.05) is 11.1 Å². The highest BCUT2D eigenvalue weighted by atomic mass is 79.9. The summed E-state index contributed by atoms with van der Waals surface area (Å²) in [5.41, 5.74) is 8.88. The zero-order valence-electron chi connectivity index (χ0n) is 10.6. The Morgan fingerprint density at radius 3 is 2.74 bits per heavy atom. The van der Waals surface area contributed by atoms with Crippen LogP contribution in [0.15, 0.2) is 46.9 Å². The molecule has 0 atom stereocenters. The smallest absolute Gasteiger partial charge is 0.161 e. The van der Waals surface area contributed by atoms with E-state index < -0.39 is 0 Å². The summed E-state index contributed by atoms with van der Waals surface area (Å²) in [6, 6.07) is 13.5. The Morgan fingerprint density at radius 1 is 1.26 bits per heavy atom. The molecule has 0 aliphatic rings. The third kappa shape index (κ3) is 3.58. The highest BCUT2D eigenvalue weighted by Gasteiger charge is 2.05. The highest BCUT2D eigenvalue weighted by Crippen LogP contribution is 2.19. The molecule has 0 unspecified atom stereocenters. The first-order chi connectivity index (χ1) is 9.06. The number of ketones is 1. The van der Waals surface area contributed by atoms with E-state index in [1.54, 1.807) is 12.1 Å². The number of anilines is 2. The van der Waals surface area contributed by atoms with Crippen LogP contribution in [0.3, 0.4) is 0 Å². The van der Waals surface area contributed by atoms with Gasteiger partial charge >= 0.3 is 0 Å². The van der Waals surface area contributed by atoms with E-state index in [4.69, 9.17) is 5.73 Å². The van der Waals surface area contributed by atoms with E-state index >= 15 is 0 Å². The second-order valence-electron chi connectivity index (χ2n) is 4.34. The van der Waals surface area contributed by atoms with Crippen molar-refractivity contribution in [1.29, 1.82) is 0 Å². The number of rotatable bonds is 4. The van der Waals surface area contributed by atoms with E-state index in [-0.39, 0.29) is 5.78 Å². The molecule has 2 rings (SSSR count). The number of carbonyl (C=O) groups is 1. The van der Waals surface area contributed by atoms with Crippen LogP contribution in [0.5, 0.6) is 0 Å². The molecule has 0 saturated heterocycles. The fourth-order valence-electron chi connectivity index (χ4n) is 1.82. The Hall–Kier alpha value is -1.81. The minimum Gasteiger partial charge on any atom is -0.398 e. The van der Waals surface area contributed by atoms with Crippen molar-refractivity contribution in [3.05, 3.63) is 58.1 Å². The average Bonchev–Trinajstić information content (AvgIpc) is 2.37. The van der Waals surface area contributed by atoms with Crippen LogP contribution in [0.1, 0.15) is 22.8 Å². The molecular formula is C15H15BrN2O. The SMILES string of the molecule is CC(=O)c1cc(NCc2cccc(Br)c2)ccc1N. The number of benzene rings is 2. The van der Waals surface area contributed by atoms with Gasteiger partial charge in [0.25, 0.3) is 0 Å². The van der Waals surface area contributed by atoms with E-state index in [1.165, 1.54) is 6.92 Å². The molecule has 0 amide bonds. The van der Waals surface area contributed by atoms with Crippen molar-refractivity contribution in [1.82, 2.24) is 0 Å². The molecule has 0 bridgehead atoms. The molecule has 4 heteroatoms. The highest BCUT2D eigenvalue weighted by molar-refractivity contribution is 9.10. The van der Waals surface area contributed by atoms with Gasteiger partial charge in [0.2, 0.25) is 0 Å². The van der Waals surface area contributed by atoms with E-state index in [1.807, 2.05) is 24.3 Å². The van der Waals surface area contributed by atoms with Gasteiger partial charge in [-0.1, -0.05) is 28.1 Å². The van der Waals surface area contributed by atoms with Crippen molar-refractivity contribution in [3.63, 3.8) is 0 Å². The van der Waals surface area contributed by atoms with E-state index in [9.17, 15) is 4.79 Å². The second-order valence-corrected chi connectivity index (χ2v) is 5.26. The summed E-state index contributed by atoms with van der Waals surface area (Å²) in [6.07, 6.45) is 0. The van der Waals surface area contributed by atoms with E-state index in [0.29, 0.717) is 17.8 Å². The number of hydrogen-bond donors (Lipinski definition) is 2. The average molecular weight is 319 g/mol. The van der Waals surface area contributed by atoms with Gasteiger partial charge in [0.05, 0.1) is 0 Å². The summed E-state index contributed by atoms with van der Waals surface area (Å²) in [4.78, 5) is 11.4. The van der Waals surface area contributed by atoms with Crippen molar-refractivity contribution < 1.29 is 4.79 Å². The zero-order valence-corrected chi connectivity index (χ0v) is 12.2. The Kier molecular flexibility index (Phi) is 4.22. The first-order valence-electron chi connectivity index (χ1n) is 5.95. The normalized spacial score (nSPS) is 10.2. The Bertz CT molecular complexity index is 611. The summed E-state index contributed by atoms with van der Waals surface area (Å²) in [5.74, 6) is -0.0244. The van der Waals surface area contributed by atoms with Gasteiger partial charge < -0.3 is 11.1 Å². The maximum Gasteiger partial charge on any atom is 0.161 e. The molecule has 0 aliphatic heterocycles. The van der Waals surface area contributed by atoms with Crippen molar-refractivity contribution >= 4 is 33.1 Å². The van der Waals surface area contributed by atoms with Crippen LogP contribution >= 0.6 is 15.9 Å². The Balaban J connectivity index is 2.12. The van der Waals surface area contributed by atoms with Gasteiger partial charge in [0, 0.05) is 28.0 Å². The lowest BCUT2D eigenvalue weighted by molar-refractivity contribution is 0.101. The van der Waals surface area contributed by atoms with Crippen LogP contribution in [-0.4, -0.2) is 5.78 Å². The van der Waals surface area contributed by atoms with Gasteiger partial charge in [-0.2, -0.15) is 0 Å². The molecule has 0 aromatic heterocycles. The van der Waals surface area contributed by atoms with Crippen LogP contribution in [0, 0.1) is 0 Å². The van der Waals surface area contributed by atoms with Crippen LogP contribution in [0.4, 0.5) is 11.4 Å². The lowest BCUT2D eigenvalue weighted by atomic mass is 10.1. The van der Waals surface area contributed by atoms with Gasteiger partial charge in [-0.3, -0.25) is 4.79 Å². The quantitative estimate of drug-likeness (QED) is 0.665. The monoisotopic (exact) mass is 318 g/mol. The Labute approximate surface area is 121 Å². The summed E-state index contributed by atoms with van der Waals surface area (Å²) in [5, 5.41) is 3.28. The van der Waals surface area contributed by atoms with Gasteiger partial charge in [-0.15, -0.1) is 0 Å². The minimum atomic E-state index is -0.0244. The number of nitrogen functional groups attached to an aromatic ring is 1. The molecule has 0 saturated carbocycles. The first-order valence-corrected chi connectivity index (χ1v) is 6.74. The minimum absolute atomic E-state index is 0.0244. The third-order valence-corrected chi connectivity index (χ3v) is 3.31. The number of nitrogens with one attached hydrogen (secondary N) is 1. The predicted octanol–water partition coefficient (Wildman–Crippen LogP) is 3.85. The Morgan fingerprint density at radius 2 is 2.05 bits per heavy atom. The molecule has 0 radical (unpaired) electrons. The molecule has 19 heavy (non-hydrogen) atoms. The summed E-state index contributed by atoms with van der Waals surface area (Å²) in [7, 11) is 0. The molecular weight excluding hydrogens is 304 g/mol. The molecule has 0 fully saturated rings. The van der Waals surface area contributed by atoms with Crippen LogP contribution in [0.2, 0.25) is 0 Å². The van der Waals surface area contributed by atoms with E-state index in [0.717, 1.165) is 15.7 Å². The maximum atomic E-state index is 11.4. The number of nitrogens with two attached hydrogens (primary N) is 1. The van der Waals surface area contributed by atoms with Crippen molar-refractivity contribution in [2.45, 2.75) is 13.5 Å². The number of carbonyl (C=O) groups excluding carboxylic acids is 1. The second kappa shape index (κ2) is 5.89. The van der Waals surface area contributed by atoms with Gasteiger partial charge in [-0.25, -0.2) is 0 Å². The molecule has 0 spiro atoms. The number of Topliss-reactive ketones (excluding diaryl/α,β-unsaturated/α-hetero) is 1. The fourth-order valence-corrected chi connectivity index (χ4v) is 2.27. The fraction of sp³-hybridized carbons (Fsp3) is 0.133. The van der Waals surface area contributed by atoms with Crippen LogP contribution < -0.4 is 11.1 Å². The van der Waals surface area contributed by atoms with Crippen molar-refractivity contribution in [2.24, 2.45) is 0 Å². The molecule has 0 aliphatic carbocycles. The number of hydrogen-bond acceptors (Lipinski definition) is 3. The van der Waals surface area contributed by atoms with E-state index in [2.05, 4.69) is 27.3 Å². The third-order valence-electron chi connectivity index (χ3n) is 2.82. The molecule has 3 N–H and O–H groups in total. The molecule has 0 heterocycles. The van der Waals surface area contributed by atoms with Crippen molar-refractivity contribution in [3.8, 4) is 0 Å². The molecule has 98 valence electrons. The summed E-state index contributed by atoms with van der Waals surface area (Å²) in [6.45, 7) is 2.21. The maximum absolute atomic E-state index is 11.4. The largest absolute Gasteiger partial charge is 0.398 e. The molecule has 2 aromatic rings. The predicted molar refractivity (Wildman–Crippen MR) is 82.3 cm³/mol. The topological polar surface area (TPSA) is 55.1 Å². The van der Waals surface area contributed by atoms with Gasteiger partial charge in [0.15, 0.2) is 5.78 Å². The number of halogens is 1. The summed E-state index contributed by atoms with van der Waals surface area (Å²) < 4.78 is 1.05. The van der Waals surface area contributed by atoms with Gasteiger partial charge in [0.1, 0.15) is 0 Å². The van der Waals surface area contributed by atoms with Crippen LogP contribution in [-0.2, 0) is 6.54 Å². The standard InChI is InChI=1S/C15H15BrN2O/c1-10(19)14-8-13(5-6-15(14)17)18-9-11-3-2-4-12(16)7-11/h2-8,18H,9,17H2,1H3. The van der Waals surface area contributed by atoms with Gasteiger partial charge in [-0.05, 0) is 42.8 Å². The summed E-state index contributed by atoms with van der Waals surface area (Å²) >= 11 is 3.44. The molecule has 2 aromatic carbocycles. The lowest BCUT2D eigenvalue weighted by Crippen LogP contribution is -2.03. The first kappa shape index (κ1) is 13.6. The van der Waals surface area contributed by atoms with Crippen LogP contribution in [0.25, 0.3) is 0 Å².